The number of hydrogen-bond acceptors (Lipinski definition) is 6. The summed E-state index contributed by atoms with van der Waals surface area (Å²) in [5.74, 6) is 0.444. The van der Waals surface area contributed by atoms with E-state index in [1.807, 2.05) is 24.3 Å². The topological polar surface area (TPSA) is 110 Å². The first-order chi connectivity index (χ1) is 17.8. The fourth-order valence-corrected chi connectivity index (χ4v) is 8.40. The van der Waals surface area contributed by atoms with Crippen molar-refractivity contribution in [3.05, 3.63) is 82.4 Å². The number of hydrogen-bond donors (Lipinski definition) is 1. The summed E-state index contributed by atoms with van der Waals surface area (Å²) in [6.07, 6.45) is 8.05. The lowest BCUT2D eigenvalue weighted by atomic mass is 9.61. The Morgan fingerprint density at radius 3 is 2.54 bits per heavy atom. The van der Waals surface area contributed by atoms with Crippen LogP contribution in [0.2, 0.25) is 0 Å². The van der Waals surface area contributed by atoms with E-state index in [1.54, 1.807) is 0 Å². The van der Waals surface area contributed by atoms with Crippen molar-refractivity contribution >= 4 is 15.7 Å². The lowest BCUT2D eigenvalue weighted by Gasteiger charge is -2.45. The minimum atomic E-state index is -3.79. The maximum absolute atomic E-state index is 13.4. The van der Waals surface area contributed by atoms with Gasteiger partial charge in [-0.1, -0.05) is 42.5 Å². The summed E-state index contributed by atoms with van der Waals surface area (Å²) in [6, 6.07) is 15.2. The molecule has 2 fully saturated rings. The molecule has 3 aliphatic rings. The predicted octanol–water partition coefficient (Wildman–Crippen LogP) is 4.69. The first-order valence-corrected chi connectivity index (χ1v) is 14.5. The van der Waals surface area contributed by atoms with Crippen LogP contribution in [0.4, 0.5) is 5.69 Å². The van der Waals surface area contributed by atoms with Crippen molar-refractivity contribution in [2.45, 2.75) is 62.2 Å². The molecule has 2 aromatic rings. The SMILES string of the molecule is O=[N+]([O-])c1ccc(S(=O)(=O)N2CCC[C@H]3[C@H](OCc4ccccc4)C[C@@H]4CC=CC(O)[C@@]43CCC2)cc1. The van der Waals surface area contributed by atoms with Crippen molar-refractivity contribution in [2.24, 2.45) is 17.3 Å². The van der Waals surface area contributed by atoms with Crippen LogP contribution in [0.3, 0.4) is 0 Å². The largest absolute Gasteiger partial charge is 0.388 e. The van der Waals surface area contributed by atoms with Gasteiger partial charge in [-0.15, -0.1) is 0 Å². The summed E-state index contributed by atoms with van der Waals surface area (Å²) in [4.78, 5) is 10.5. The third-order valence-electron chi connectivity index (χ3n) is 8.64. The second-order valence-electron chi connectivity index (χ2n) is 10.5. The number of nitro groups is 1. The van der Waals surface area contributed by atoms with Gasteiger partial charge in [0.2, 0.25) is 10.0 Å². The number of aliphatic hydroxyl groups is 1. The highest BCUT2D eigenvalue weighted by atomic mass is 32.2. The van der Waals surface area contributed by atoms with E-state index in [9.17, 15) is 23.6 Å². The lowest BCUT2D eigenvalue weighted by Crippen LogP contribution is -2.46. The maximum Gasteiger partial charge on any atom is 0.269 e. The van der Waals surface area contributed by atoms with E-state index < -0.39 is 21.1 Å². The summed E-state index contributed by atoms with van der Waals surface area (Å²) in [5.41, 5.74) is 0.666. The van der Waals surface area contributed by atoms with Crippen LogP contribution in [0.5, 0.6) is 0 Å². The van der Waals surface area contributed by atoms with E-state index in [1.165, 1.54) is 28.6 Å². The Labute approximate surface area is 218 Å². The van der Waals surface area contributed by atoms with Gasteiger partial charge in [0, 0.05) is 30.6 Å². The molecular formula is C28H34N2O6S. The fraction of sp³-hybridized carbons (Fsp3) is 0.500. The quantitative estimate of drug-likeness (QED) is 0.332. The molecule has 1 heterocycles. The first-order valence-electron chi connectivity index (χ1n) is 13.1. The number of sulfonamides is 1. The molecule has 0 amide bonds. The van der Waals surface area contributed by atoms with Gasteiger partial charge < -0.3 is 9.84 Å². The summed E-state index contributed by atoms with van der Waals surface area (Å²) < 4.78 is 34.9. The highest BCUT2D eigenvalue weighted by Gasteiger charge is 2.58. The minimum Gasteiger partial charge on any atom is -0.388 e. The van der Waals surface area contributed by atoms with Gasteiger partial charge in [-0.05, 0) is 68.1 Å². The van der Waals surface area contributed by atoms with Gasteiger partial charge in [0.05, 0.1) is 28.6 Å². The number of allylic oxidation sites excluding steroid dienone is 1. The molecule has 2 aromatic carbocycles. The predicted molar refractivity (Wildman–Crippen MR) is 139 cm³/mol. The van der Waals surface area contributed by atoms with Crippen LogP contribution in [-0.2, 0) is 21.4 Å². The van der Waals surface area contributed by atoms with E-state index in [0.717, 1.165) is 31.2 Å². The molecule has 1 saturated heterocycles. The molecule has 5 atom stereocenters. The molecule has 198 valence electrons. The molecule has 9 heteroatoms. The van der Waals surface area contributed by atoms with Gasteiger partial charge in [0.1, 0.15) is 0 Å². The molecule has 2 aliphatic carbocycles. The maximum atomic E-state index is 13.4. The van der Waals surface area contributed by atoms with Crippen molar-refractivity contribution in [1.29, 1.82) is 0 Å². The number of aliphatic hydroxyl groups excluding tert-OH is 1. The highest BCUT2D eigenvalue weighted by molar-refractivity contribution is 7.89. The van der Waals surface area contributed by atoms with Crippen molar-refractivity contribution in [1.82, 2.24) is 4.31 Å². The zero-order chi connectivity index (χ0) is 26.0. The molecule has 37 heavy (non-hydrogen) atoms. The van der Waals surface area contributed by atoms with Gasteiger partial charge in [0.15, 0.2) is 0 Å². The van der Waals surface area contributed by atoms with Crippen molar-refractivity contribution in [3.8, 4) is 0 Å². The van der Waals surface area contributed by atoms with Crippen LogP contribution in [-0.4, -0.2) is 48.1 Å². The Balaban J connectivity index is 1.36. The van der Waals surface area contributed by atoms with Gasteiger partial charge in [-0.3, -0.25) is 10.1 Å². The Hall–Kier alpha value is -2.59. The fourth-order valence-electron chi connectivity index (χ4n) is 6.88. The molecule has 1 N–H and O–H groups in total. The van der Waals surface area contributed by atoms with Crippen LogP contribution in [0.25, 0.3) is 0 Å². The number of non-ortho nitro benzene ring substituents is 1. The summed E-state index contributed by atoms with van der Waals surface area (Å²) in [7, 11) is -3.79. The highest BCUT2D eigenvalue weighted by Crippen LogP contribution is 2.59. The average Bonchev–Trinajstić information content (AvgIpc) is 3.25. The van der Waals surface area contributed by atoms with E-state index in [2.05, 4.69) is 18.2 Å². The number of ether oxygens (including phenoxy) is 1. The number of rotatable bonds is 6. The lowest BCUT2D eigenvalue weighted by molar-refractivity contribution is -0.384. The first kappa shape index (κ1) is 26.0. The molecule has 1 saturated carbocycles. The Morgan fingerprint density at radius 1 is 1.08 bits per heavy atom. The normalized spacial score (nSPS) is 30.5. The minimum absolute atomic E-state index is 0.0117. The summed E-state index contributed by atoms with van der Waals surface area (Å²) in [6.45, 7) is 1.25. The second kappa shape index (κ2) is 10.6. The van der Waals surface area contributed by atoms with Gasteiger partial charge in [0.25, 0.3) is 5.69 Å². The molecule has 1 unspecified atom stereocenters. The molecular weight excluding hydrogens is 492 g/mol. The molecule has 1 spiro atoms. The third kappa shape index (κ3) is 4.97. The summed E-state index contributed by atoms with van der Waals surface area (Å²) in [5, 5.41) is 22.3. The molecule has 1 aliphatic heterocycles. The number of nitrogens with zero attached hydrogens (tertiary/aromatic N) is 2. The Kier molecular flexibility index (Phi) is 7.49. The standard InChI is InChI=1S/C28H34N2O6S/c31-27-11-4-9-22-19-26(36-20-21-7-2-1-3-8-21)25-10-5-17-29(18-6-16-28(22,25)27)37(34,35)24-14-12-23(13-15-24)30(32)33/h1-4,7-8,11-15,22,25-27,31H,5-6,9-10,16-20H2/t22-,25-,26+,27?,28-/m0/s1. The third-order valence-corrected chi connectivity index (χ3v) is 10.6. The van der Waals surface area contributed by atoms with Crippen LogP contribution < -0.4 is 0 Å². The zero-order valence-corrected chi connectivity index (χ0v) is 21.6. The molecule has 8 nitrogen and oxygen atoms in total. The monoisotopic (exact) mass is 526 g/mol. The zero-order valence-electron chi connectivity index (χ0n) is 20.8. The number of benzene rings is 2. The van der Waals surface area contributed by atoms with Crippen LogP contribution in [0.15, 0.2) is 71.6 Å². The number of nitro benzene ring substituents is 1. The van der Waals surface area contributed by atoms with Crippen molar-refractivity contribution in [3.63, 3.8) is 0 Å². The van der Waals surface area contributed by atoms with Gasteiger partial charge >= 0.3 is 0 Å². The van der Waals surface area contributed by atoms with Crippen molar-refractivity contribution in [2.75, 3.05) is 13.1 Å². The van der Waals surface area contributed by atoms with E-state index in [0.29, 0.717) is 38.5 Å². The summed E-state index contributed by atoms with van der Waals surface area (Å²) >= 11 is 0. The van der Waals surface area contributed by atoms with Crippen LogP contribution >= 0.6 is 0 Å². The van der Waals surface area contributed by atoms with E-state index in [4.69, 9.17) is 4.74 Å². The average molecular weight is 527 g/mol. The van der Waals surface area contributed by atoms with Crippen molar-refractivity contribution < 1.29 is 23.2 Å². The van der Waals surface area contributed by atoms with Gasteiger partial charge in [-0.2, -0.15) is 4.31 Å². The van der Waals surface area contributed by atoms with Crippen LogP contribution in [0, 0.1) is 27.4 Å². The molecule has 0 bridgehead atoms. The van der Waals surface area contributed by atoms with E-state index >= 15 is 0 Å². The van der Waals surface area contributed by atoms with Gasteiger partial charge in [-0.25, -0.2) is 8.42 Å². The molecule has 5 rings (SSSR count). The Morgan fingerprint density at radius 2 is 1.81 bits per heavy atom. The smallest absolute Gasteiger partial charge is 0.269 e. The van der Waals surface area contributed by atoms with Crippen LogP contribution in [0.1, 0.15) is 44.1 Å². The second-order valence-corrected chi connectivity index (χ2v) is 12.4. The molecule has 0 radical (unpaired) electrons. The van der Waals surface area contributed by atoms with E-state index in [-0.39, 0.29) is 28.0 Å². The Bertz CT molecular complexity index is 1230. The molecule has 0 aromatic heterocycles.